The number of anilines is 1. The van der Waals surface area contributed by atoms with E-state index in [0.717, 1.165) is 18.4 Å². The molecule has 0 amide bonds. The molecule has 2 heterocycles. The van der Waals surface area contributed by atoms with Gasteiger partial charge in [-0.25, -0.2) is 13.8 Å². The van der Waals surface area contributed by atoms with E-state index in [4.69, 9.17) is 10.5 Å². The molecule has 0 aromatic carbocycles. The first kappa shape index (κ1) is 14.1. The van der Waals surface area contributed by atoms with Gasteiger partial charge in [0, 0.05) is 19.3 Å². The van der Waals surface area contributed by atoms with E-state index in [0.29, 0.717) is 25.5 Å². The molecule has 0 unspecified atom stereocenters. The average molecular weight is 271 g/mol. The minimum atomic E-state index is -2.25. The van der Waals surface area contributed by atoms with Crippen LogP contribution in [-0.2, 0) is 11.3 Å². The summed E-state index contributed by atoms with van der Waals surface area (Å²) in [6, 6.07) is 3.62. The van der Waals surface area contributed by atoms with Crippen molar-refractivity contribution in [2.75, 3.05) is 25.4 Å². The Labute approximate surface area is 111 Å². The van der Waals surface area contributed by atoms with Gasteiger partial charge < -0.3 is 10.5 Å². The van der Waals surface area contributed by atoms with Crippen LogP contribution in [0.25, 0.3) is 0 Å². The Kier molecular flexibility index (Phi) is 5.04. The fourth-order valence-corrected chi connectivity index (χ4v) is 2.19. The highest BCUT2D eigenvalue weighted by molar-refractivity contribution is 5.28. The Bertz CT molecular complexity index is 378. The fourth-order valence-electron chi connectivity index (χ4n) is 2.19. The third-order valence-electron chi connectivity index (χ3n) is 3.26. The van der Waals surface area contributed by atoms with E-state index in [1.807, 2.05) is 6.07 Å². The third kappa shape index (κ3) is 4.72. The zero-order chi connectivity index (χ0) is 13.7. The molecule has 1 saturated heterocycles. The first-order valence-electron chi connectivity index (χ1n) is 6.46. The molecule has 1 aromatic heterocycles. The zero-order valence-electron chi connectivity index (χ0n) is 10.8. The Morgan fingerprint density at radius 1 is 1.37 bits per heavy atom. The fraction of sp³-hybridized carbons (Fsp3) is 0.615. The summed E-state index contributed by atoms with van der Waals surface area (Å²) in [5.41, 5.74) is 6.48. The topological polar surface area (TPSA) is 51.4 Å². The molecule has 0 bridgehead atoms. The molecule has 0 radical (unpaired) electrons. The van der Waals surface area contributed by atoms with Crippen molar-refractivity contribution < 1.29 is 13.5 Å². The van der Waals surface area contributed by atoms with Crippen LogP contribution in [0.1, 0.15) is 18.4 Å². The van der Waals surface area contributed by atoms with Gasteiger partial charge in [-0.2, -0.15) is 0 Å². The Balaban J connectivity index is 1.69. The van der Waals surface area contributed by atoms with Crippen molar-refractivity contribution in [1.82, 2.24) is 9.88 Å². The molecule has 2 N–H and O–H groups in total. The first-order chi connectivity index (χ1) is 9.13. The second-order valence-electron chi connectivity index (χ2n) is 4.79. The number of pyridine rings is 1. The number of nitrogen functional groups attached to an aromatic ring is 1. The predicted molar refractivity (Wildman–Crippen MR) is 68.9 cm³/mol. The van der Waals surface area contributed by atoms with Gasteiger partial charge in [-0.3, -0.25) is 4.90 Å². The summed E-state index contributed by atoms with van der Waals surface area (Å²) in [5.74, 6) is 0.490. The third-order valence-corrected chi connectivity index (χ3v) is 3.26. The SMILES string of the molecule is Nc1ccc(COC2CCN(CC(F)F)CC2)cn1. The van der Waals surface area contributed by atoms with Crippen molar-refractivity contribution in [3.05, 3.63) is 23.9 Å². The van der Waals surface area contributed by atoms with Crippen LogP contribution >= 0.6 is 0 Å². The quantitative estimate of drug-likeness (QED) is 0.889. The molecule has 0 spiro atoms. The Morgan fingerprint density at radius 2 is 2.11 bits per heavy atom. The number of rotatable bonds is 5. The van der Waals surface area contributed by atoms with Crippen LogP contribution in [0.15, 0.2) is 18.3 Å². The summed E-state index contributed by atoms with van der Waals surface area (Å²) in [6.07, 6.45) is 1.19. The molecule has 0 atom stereocenters. The summed E-state index contributed by atoms with van der Waals surface area (Å²) in [7, 11) is 0. The van der Waals surface area contributed by atoms with Crippen LogP contribution in [0.5, 0.6) is 0 Å². The standard InChI is InChI=1S/C13H19F2N3O/c14-12(15)8-18-5-3-11(4-6-18)19-9-10-1-2-13(16)17-7-10/h1-2,7,11-12H,3-6,8-9H2,(H2,16,17). The van der Waals surface area contributed by atoms with Crippen LogP contribution < -0.4 is 5.73 Å². The van der Waals surface area contributed by atoms with Gasteiger partial charge in [0.1, 0.15) is 5.82 Å². The summed E-state index contributed by atoms with van der Waals surface area (Å²) >= 11 is 0. The summed E-state index contributed by atoms with van der Waals surface area (Å²) in [6.45, 7) is 1.71. The van der Waals surface area contributed by atoms with Crippen molar-refractivity contribution in [3.8, 4) is 0 Å². The number of likely N-dealkylation sites (tertiary alicyclic amines) is 1. The normalized spacial score (nSPS) is 18.1. The first-order valence-corrected chi connectivity index (χ1v) is 6.46. The lowest BCUT2D eigenvalue weighted by molar-refractivity contribution is -0.0141. The molecule has 1 aliphatic heterocycles. The van der Waals surface area contributed by atoms with Crippen LogP contribution in [0.4, 0.5) is 14.6 Å². The van der Waals surface area contributed by atoms with Gasteiger partial charge in [-0.15, -0.1) is 0 Å². The molecule has 19 heavy (non-hydrogen) atoms. The number of hydrogen-bond acceptors (Lipinski definition) is 4. The number of nitrogens with two attached hydrogens (primary N) is 1. The summed E-state index contributed by atoms with van der Waals surface area (Å²) < 4.78 is 30.2. The Hall–Kier alpha value is -1.27. The average Bonchev–Trinajstić information content (AvgIpc) is 2.39. The number of alkyl halides is 2. The van der Waals surface area contributed by atoms with Gasteiger partial charge in [-0.05, 0) is 24.5 Å². The van der Waals surface area contributed by atoms with E-state index in [-0.39, 0.29) is 12.6 Å². The molecule has 1 aromatic rings. The number of nitrogens with zero attached hydrogens (tertiary/aromatic N) is 2. The predicted octanol–water partition coefficient (Wildman–Crippen LogP) is 1.91. The summed E-state index contributed by atoms with van der Waals surface area (Å²) in [4.78, 5) is 5.78. The minimum absolute atomic E-state index is 0.130. The molecule has 2 rings (SSSR count). The lowest BCUT2D eigenvalue weighted by Crippen LogP contribution is -2.39. The second-order valence-corrected chi connectivity index (χ2v) is 4.79. The van der Waals surface area contributed by atoms with Crippen LogP contribution in [0.2, 0.25) is 0 Å². The molecule has 6 heteroatoms. The Morgan fingerprint density at radius 3 is 2.68 bits per heavy atom. The van der Waals surface area contributed by atoms with Gasteiger partial charge in [0.15, 0.2) is 0 Å². The van der Waals surface area contributed by atoms with Gasteiger partial charge in [0.2, 0.25) is 0 Å². The molecule has 1 fully saturated rings. The van der Waals surface area contributed by atoms with E-state index in [1.165, 1.54) is 0 Å². The van der Waals surface area contributed by atoms with Crippen molar-refractivity contribution in [1.29, 1.82) is 0 Å². The number of hydrogen-bond donors (Lipinski definition) is 1. The molecule has 106 valence electrons. The molecular formula is C13H19F2N3O. The maximum atomic E-state index is 12.2. The van der Waals surface area contributed by atoms with Gasteiger partial charge in [-0.1, -0.05) is 6.07 Å². The van der Waals surface area contributed by atoms with Gasteiger partial charge >= 0.3 is 0 Å². The molecule has 0 saturated carbocycles. The highest BCUT2D eigenvalue weighted by Crippen LogP contribution is 2.16. The molecule has 0 aliphatic carbocycles. The highest BCUT2D eigenvalue weighted by atomic mass is 19.3. The van der Waals surface area contributed by atoms with Crippen molar-refractivity contribution in [3.63, 3.8) is 0 Å². The lowest BCUT2D eigenvalue weighted by Gasteiger charge is -2.31. The smallest absolute Gasteiger partial charge is 0.251 e. The number of ether oxygens (including phenoxy) is 1. The number of halogens is 2. The maximum Gasteiger partial charge on any atom is 0.251 e. The number of aromatic nitrogens is 1. The van der Waals surface area contributed by atoms with Gasteiger partial charge in [0.05, 0.1) is 19.3 Å². The van der Waals surface area contributed by atoms with E-state index in [2.05, 4.69) is 4.98 Å². The van der Waals surface area contributed by atoms with Crippen LogP contribution in [-0.4, -0.2) is 42.0 Å². The minimum Gasteiger partial charge on any atom is -0.384 e. The van der Waals surface area contributed by atoms with E-state index < -0.39 is 6.43 Å². The van der Waals surface area contributed by atoms with E-state index >= 15 is 0 Å². The van der Waals surface area contributed by atoms with Crippen molar-refractivity contribution >= 4 is 5.82 Å². The highest BCUT2D eigenvalue weighted by Gasteiger charge is 2.21. The van der Waals surface area contributed by atoms with Crippen LogP contribution in [0, 0.1) is 0 Å². The van der Waals surface area contributed by atoms with Crippen LogP contribution in [0.3, 0.4) is 0 Å². The van der Waals surface area contributed by atoms with Crippen molar-refractivity contribution in [2.24, 2.45) is 0 Å². The number of piperidine rings is 1. The molecular weight excluding hydrogens is 252 g/mol. The second kappa shape index (κ2) is 6.77. The summed E-state index contributed by atoms with van der Waals surface area (Å²) in [5, 5.41) is 0. The molecule has 4 nitrogen and oxygen atoms in total. The lowest BCUT2D eigenvalue weighted by atomic mass is 10.1. The van der Waals surface area contributed by atoms with Gasteiger partial charge in [0.25, 0.3) is 6.43 Å². The van der Waals surface area contributed by atoms with Crippen molar-refractivity contribution in [2.45, 2.75) is 32.0 Å². The largest absolute Gasteiger partial charge is 0.384 e. The maximum absolute atomic E-state index is 12.2. The molecule has 1 aliphatic rings. The van der Waals surface area contributed by atoms with E-state index in [9.17, 15) is 8.78 Å². The van der Waals surface area contributed by atoms with E-state index in [1.54, 1.807) is 17.2 Å². The zero-order valence-corrected chi connectivity index (χ0v) is 10.8. The monoisotopic (exact) mass is 271 g/mol.